The Morgan fingerprint density at radius 1 is 0.365 bits per heavy atom. The zero-order valence-corrected chi connectivity index (χ0v) is 28.7. The molecule has 0 saturated carbocycles. The molecule has 3 heterocycles. The van der Waals surface area contributed by atoms with Crippen molar-refractivity contribution in [1.29, 1.82) is 0 Å². The van der Waals surface area contributed by atoms with Crippen molar-refractivity contribution in [1.82, 2.24) is 24.5 Å². The topological polar surface area (TPSA) is 56.5 Å². The number of nitrogens with zero attached hydrogens (tertiary/aromatic N) is 5. The van der Waals surface area contributed by atoms with Gasteiger partial charge in [0.05, 0.1) is 21.3 Å². The minimum Gasteiger partial charge on any atom is -0.278 e. The lowest BCUT2D eigenvalue weighted by atomic mass is 9.99. The highest BCUT2D eigenvalue weighted by Gasteiger charge is 2.18. The van der Waals surface area contributed by atoms with Gasteiger partial charge in [-0.15, -0.1) is 11.3 Å². The Balaban J connectivity index is 1.05. The average molecular weight is 684 g/mol. The second-order valence-electron chi connectivity index (χ2n) is 12.7. The predicted molar refractivity (Wildman–Crippen MR) is 215 cm³/mol. The highest BCUT2D eigenvalue weighted by atomic mass is 32.1. The van der Waals surface area contributed by atoms with Crippen LogP contribution in [0.5, 0.6) is 0 Å². The van der Waals surface area contributed by atoms with E-state index < -0.39 is 0 Å². The van der Waals surface area contributed by atoms with Gasteiger partial charge >= 0.3 is 0 Å². The van der Waals surface area contributed by atoms with Crippen LogP contribution in [0.4, 0.5) is 0 Å². The first-order valence-electron chi connectivity index (χ1n) is 17.2. The molecule has 52 heavy (non-hydrogen) atoms. The van der Waals surface area contributed by atoms with Crippen molar-refractivity contribution in [2.24, 2.45) is 0 Å². The van der Waals surface area contributed by atoms with Crippen LogP contribution >= 0.6 is 11.3 Å². The molecule has 7 aromatic carbocycles. The van der Waals surface area contributed by atoms with Crippen molar-refractivity contribution in [3.05, 3.63) is 176 Å². The number of fused-ring (bicyclic) bond motifs is 4. The summed E-state index contributed by atoms with van der Waals surface area (Å²) in [6.45, 7) is 0. The third kappa shape index (κ3) is 5.34. The fourth-order valence-electron chi connectivity index (χ4n) is 6.96. The van der Waals surface area contributed by atoms with E-state index in [2.05, 4.69) is 144 Å². The first-order valence-corrected chi connectivity index (χ1v) is 18.0. The SMILES string of the molecule is c1ccc(-c2ccc(-c3cccc(-c4nc5cc(-c6nc(-c7ccccc7)nc(-n7c8ccccc8c8ccccc87)n6)ccc5s4)c3)cc2)cc1. The van der Waals surface area contributed by atoms with E-state index in [1.54, 1.807) is 11.3 Å². The third-order valence-electron chi connectivity index (χ3n) is 9.52. The minimum absolute atomic E-state index is 0.578. The normalized spacial score (nSPS) is 11.5. The molecule has 0 aliphatic rings. The van der Waals surface area contributed by atoms with Crippen LogP contribution in [0.3, 0.4) is 0 Å². The first-order chi connectivity index (χ1) is 25.7. The fourth-order valence-corrected chi connectivity index (χ4v) is 7.90. The summed E-state index contributed by atoms with van der Waals surface area (Å²) in [5, 5.41) is 3.29. The van der Waals surface area contributed by atoms with Crippen LogP contribution in [0.1, 0.15) is 0 Å². The number of hydrogen-bond donors (Lipinski definition) is 0. The van der Waals surface area contributed by atoms with Crippen molar-refractivity contribution >= 4 is 43.4 Å². The Bertz CT molecular complexity index is 2840. The Morgan fingerprint density at radius 3 is 1.58 bits per heavy atom. The molecule has 0 N–H and O–H groups in total. The van der Waals surface area contributed by atoms with Crippen LogP contribution in [0, 0.1) is 0 Å². The van der Waals surface area contributed by atoms with Gasteiger partial charge in [0.1, 0.15) is 5.01 Å². The summed E-state index contributed by atoms with van der Waals surface area (Å²) in [4.78, 5) is 20.4. The van der Waals surface area contributed by atoms with Gasteiger partial charge in [-0.2, -0.15) is 9.97 Å². The van der Waals surface area contributed by atoms with Crippen molar-refractivity contribution in [2.75, 3.05) is 0 Å². The summed E-state index contributed by atoms with van der Waals surface area (Å²) in [6.07, 6.45) is 0. The van der Waals surface area contributed by atoms with Gasteiger partial charge in [-0.3, -0.25) is 4.57 Å². The van der Waals surface area contributed by atoms with Crippen LogP contribution in [0.2, 0.25) is 0 Å². The molecule has 0 spiro atoms. The fraction of sp³-hybridized carbons (Fsp3) is 0. The highest BCUT2D eigenvalue weighted by Crippen LogP contribution is 2.36. The van der Waals surface area contributed by atoms with Crippen LogP contribution in [0.25, 0.3) is 93.6 Å². The molecule has 0 aliphatic carbocycles. The van der Waals surface area contributed by atoms with E-state index in [0.29, 0.717) is 17.6 Å². The smallest absolute Gasteiger partial charge is 0.238 e. The number of benzene rings is 7. The van der Waals surface area contributed by atoms with Gasteiger partial charge in [-0.1, -0.05) is 140 Å². The number of hydrogen-bond acceptors (Lipinski definition) is 5. The van der Waals surface area contributed by atoms with E-state index in [1.165, 1.54) is 16.7 Å². The maximum absolute atomic E-state index is 5.13. The van der Waals surface area contributed by atoms with E-state index >= 15 is 0 Å². The first kappa shape index (κ1) is 30.1. The molecule has 0 amide bonds. The Labute approximate surface area is 304 Å². The lowest BCUT2D eigenvalue weighted by molar-refractivity contribution is 0.953. The van der Waals surface area contributed by atoms with Crippen molar-refractivity contribution in [2.45, 2.75) is 0 Å². The lowest BCUT2D eigenvalue weighted by Crippen LogP contribution is -2.06. The summed E-state index contributed by atoms with van der Waals surface area (Å²) in [6, 6.07) is 61.1. The minimum atomic E-state index is 0.578. The van der Waals surface area contributed by atoms with Crippen molar-refractivity contribution in [3.8, 4) is 61.5 Å². The Kier molecular flexibility index (Phi) is 7.25. The van der Waals surface area contributed by atoms with Crippen molar-refractivity contribution in [3.63, 3.8) is 0 Å². The second kappa shape index (κ2) is 12.5. The van der Waals surface area contributed by atoms with Gasteiger partial charge in [0, 0.05) is 27.5 Å². The van der Waals surface area contributed by atoms with Gasteiger partial charge in [-0.25, -0.2) is 9.97 Å². The predicted octanol–water partition coefficient (Wildman–Crippen LogP) is 11.9. The zero-order chi connectivity index (χ0) is 34.4. The van der Waals surface area contributed by atoms with Crippen LogP contribution in [-0.2, 0) is 0 Å². The van der Waals surface area contributed by atoms with Crippen LogP contribution in [-0.4, -0.2) is 24.5 Å². The maximum atomic E-state index is 5.13. The molecule has 10 aromatic rings. The average Bonchev–Trinajstić information content (AvgIpc) is 3.81. The van der Waals surface area contributed by atoms with Gasteiger partial charge in [-0.05, 0) is 58.7 Å². The quantitative estimate of drug-likeness (QED) is 0.175. The Morgan fingerprint density at radius 2 is 0.885 bits per heavy atom. The molecule has 0 radical (unpaired) electrons. The number of rotatable bonds is 6. The largest absolute Gasteiger partial charge is 0.278 e. The molecule has 0 bridgehead atoms. The molecule has 6 heteroatoms. The second-order valence-corrected chi connectivity index (χ2v) is 13.8. The molecule has 3 aromatic heterocycles. The third-order valence-corrected chi connectivity index (χ3v) is 10.6. The van der Waals surface area contributed by atoms with E-state index in [9.17, 15) is 0 Å². The van der Waals surface area contributed by atoms with E-state index in [1.807, 2.05) is 36.4 Å². The monoisotopic (exact) mass is 683 g/mol. The van der Waals surface area contributed by atoms with E-state index in [4.69, 9.17) is 19.9 Å². The molecule has 0 unspecified atom stereocenters. The van der Waals surface area contributed by atoms with Crippen LogP contribution in [0.15, 0.2) is 176 Å². The lowest BCUT2D eigenvalue weighted by Gasteiger charge is -2.10. The summed E-state index contributed by atoms with van der Waals surface area (Å²) in [5.74, 6) is 1.80. The van der Waals surface area contributed by atoms with E-state index in [-0.39, 0.29) is 0 Å². The molecule has 0 aliphatic heterocycles. The van der Waals surface area contributed by atoms with Gasteiger partial charge < -0.3 is 0 Å². The van der Waals surface area contributed by atoms with E-state index in [0.717, 1.165) is 59.3 Å². The highest BCUT2D eigenvalue weighted by molar-refractivity contribution is 7.21. The molecule has 0 saturated heterocycles. The number of aromatic nitrogens is 5. The molecule has 244 valence electrons. The molecular formula is C46H29N5S. The molecular weight excluding hydrogens is 655 g/mol. The van der Waals surface area contributed by atoms with Gasteiger partial charge in [0.25, 0.3) is 0 Å². The summed E-state index contributed by atoms with van der Waals surface area (Å²) in [7, 11) is 0. The van der Waals surface area contributed by atoms with Crippen LogP contribution < -0.4 is 0 Å². The molecule has 10 rings (SSSR count). The number of thiazole rings is 1. The standard InChI is InChI=1S/C46H29N5S/c1-3-12-30(13-4-1)31-22-24-32(25-23-31)34-16-11-17-36(28-34)45-47-39-29-35(26-27-42(39)52-45)44-48-43(33-14-5-2-6-15-33)49-46(50-44)51-40-20-9-7-18-37(40)38-19-8-10-21-41(38)51/h1-29H. The molecule has 0 fully saturated rings. The number of para-hydroxylation sites is 2. The summed E-state index contributed by atoms with van der Waals surface area (Å²) >= 11 is 1.69. The van der Waals surface area contributed by atoms with Gasteiger partial charge in [0.15, 0.2) is 11.6 Å². The summed E-state index contributed by atoms with van der Waals surface area (Å²) < 4.78 is 3.25. The maximum Gasteiger partial charge on any atom is 0.238 e. The van der Waals surface area contributed by atoms with Crippen molar-refractivity contribution < 1.29 is 0 Å². The molecule has 5 nitrogen and oxygen atoms in total. The van der Waals surface area contributed by atoms with Gasteiger partial charge in [0.2, 0.25) is 5.95 Å². The Hall–Kier alpha value is -6.76. The summed E-state index contributed by atoms with van der Waals surface area (Å²) in [5.41, 5.74) is 10.7. The molecule has 0 atom stereocenters. The zero-order valence-electron chi connectivity index (χ0n) is 27.9.